The molecule has 29 heavy (non-hydrogen) atoms. The quantitative estimate of drug-likeness (QED) is 0.521. The molecule has 0 spiro atoms. The van der Waals surface area contributed by atoms with Gasteiger partial charge in [-0.05, 0) is 34.5 Å². The van der Waals surface area contributed by atoms with Crippen LogP contribution in [0.25, 0.3) is 21.7 Å². The number of benzene rings is 3. The Hall–Kier alpha value is -3.31. The summed E-state index contributed by atoms with van der Waals surface area (Å²) in [5.41, 5.74) is 1.48. The van der Waals surface area contributed by atoms with E-state index in [1.54, 1.807) is 12.1 Å². The second-order valence-corrected chi connectivity index (χ2v) is 7.15. The summed E-state index contributed by atoms with van der Waals surface area (Å²) in [4.78, 5) is 14.7. The number of para-hydroxylation sites is 1. The van der Waals surface area contributed by atoms with Crippen molar-refractivity contribution in [3.05, 3.63) is 82.5 Å². The second kappa shape index (κ2) is 7.60. The van der Waals surface area contributed by atoms with Crippen LogP contribution in [0.5, 0.6) is 5.75 Å². The molecule has 0 saturated carbocycles. The van der Waals surface area contributed by atoms with Crippen LogP contribution in [0.4, 0.5) is 5.88 Å². The van der Waals surface area contributed by atoms with Crippen LogP contribution in [-0.2, 0) is 11.3 Å². The Kier molecular flexibility index (Phi) is 4.66. The zero-order chi connectivity index (χ0) is 19.6. The Morgan fingerprint density at radius 3 is 2.59 bits per heavy atom. The predicted octanol–water partition coefficient (Wildman–Crippen LogP) is 4.36. The smallest absolute Gasteiger partial charge is 0.200 e. The number of ether oxygens (including phenoxy) is 2. The van der Waals surface area contributed by atoms with Crippen molar-refractivity contribution < 1.29 is 13.9 Å². The fourth-order valence-corrected chi connectivity index (χ4v) is 3.68. The molecule has 5 nitrogen and oxygen atoms in total. The minimum atomic E-state index is -0.0658. The summed E-state index contributed by atoms with van der Waals surface area (Å²) < 4.78 is 17.6. The van der Waals surface area contributed by atoms with Crippen molar-refractivity contribution in [3.8, 4) is 5.75 Å². The topological polar surface area (TPSA) is 51.9 Å². The first-order valence-electron chi connectivity index (χ1n) is 9.78. The summed E-state index contributed by atoms with van der Waals surface area (Å²) in [5, 5.41) is 2.90. The lowest BCUT2D eigenvalue weighted by Crippen LogP contribution is -2.36. The van der Waals surface area contributed by atoms with E-state index in [-0.39, 0.29) is 5.43 Å². The Bertz CT molecular complexity index is 1220. The Morgan fingerprint density at radius 1 is 0.897 bits per heavy atom. The molecule has 5 heteroatoms. The number of hydrogen-bond acceptors (Lipinski definition) is 5. The molecule has 1 saturated heterocycles. The van der Waals surface area contributed by atoms with Gasteiger partial charge in [-0.1, -0.05) is 42.5 Å². The fourth-order valence-electron chi connectivity index (χ4n) is 3.68. The number of nitrogens with zero attached hydrogens (tertiary/aromatic N) is 1. The third-order valence-electron chi connectivity index (χ3n) is 5.24. The molecule has 0 unspecified atom stereocenters. The van der Waals surface area contributed by atoms with E-state index in [1.807, 2.05) is 29.2 Å². The highest BCUT2D eigenvalue weighted by molar-refractivity contribution is 5.84. The molecule has 3 aromatic carbocycles. The first-order valence-corrected chi connectivity index (χ1v) is 9.78. The summed E-state index contributed by atoms with van der Waals surface area (Å²) in [6.07, 6.45) is 0. The predicted molar refractivity (Wildman–Crippen MR) is 114 cm³/mol. The molecule has 4 aromatic rings. The molecule has 1 fully saturated rings. The number of rotatable bonds is 4. The van der Waals surface area contributed by atoms with Gasteiger partial charge in [-0.25, -0.2) is 0 Å². The van der Waals surface area contributed by atoms with Crippen LogP contribution in [0.3, 0.4) is 0 Å². The summed E-state index contributed by atoms with van der Waals surface area (Å²) in [6, 6.07) is 21.5. The summed E-state index contributed by atoms with van der Waals surface area (Å²) in [7, 11) is 0. The molecule has 2 heterocycles. The highest BCUT2D eigenvalue weighted by Gasteiger charge is 2.17. The van der Waals surface area contributed by atoms with Crippen molar-refractivity contribution in [1.29, 1.82) is 0 Å². The van der Waals surface area contributed by atoms with Gasteiger partial charge in [0, 0.05) is 19.2 Å². The van der Waals surface area contributed by atoms with E-state index in [1.165, 1.54) is 10.8 Å². The maximum absolute atomic E-state index is 12.6. The maximum atomic E-state index is 12.6. The van der Waals surface area contributed by atoms with Gasteiger partial charge in [0.15, 0.2) is 22.6 Å². The SMILES string of the molecule is O=c1cc(N2CCOCC2)oc2c(OCc3ccc4ccccc4c3)cccc12. The third kappa shape index (κ3) is 3.57. The van der Waals surface area contributed by atoms with E-state index in [0.29, 0.717) is 55.5 Å². The van der Waals surface area contributed by atoms with E-state index in [0.717, 1.165) is 5.56 Å². The molecule has 0 radical (unpaired) electrons. The van der Waals surface area contributed by atoms with Crippen molar-refractivity contribution in [1.82, 2.24) is 0 Å². The van der Waals surface area contributed by atoms with Crippen molar-refractivity contribution >= 4 is 27.6 Å². The molecule has 1 aliphatic heterocycles. The molecule has 0 atom stereocenters. The highest BCUT2D eigenvalue weighted by atomic mass is 16.5. The van der Waals surface area contributed by atoms with Crippen molar-refractivity contribution in [2.75, 3.05) is 31.2 Å². The molecule has 1 aliphatic rings. The third-order valence-corrected chi connectivity index (χ3v) is 5.24. The van der Waals surface area contributed by atoms with Crippen LogP contribution in [0.1, 0.15) is 5.56 Å². The Morgan fingerprint density at radius 2 is 1.72 bits per heavy atom. The van der Waals surface area contributed by atoms with E-state index >= 15 is 0 Å². The number of hydrogen-bond donors (Lipinski definition) is 0. The maximum Gasteiger partial charge on any atom is 0.200 e. The molecule has 0 N–H and O–H groups in total. The van der Waals surface area contributed by atoms with E-state index in [4.69, 9.17) is 13.9 Å². The highest BCUT2D eigenvalue weighted by Crippen LogP contribution is 2.29. The lowest BCUT2D eigenvalue weighted by Gasteiger charge is -2.27. The van der Waals surface area contributed by atoms with Gasteiger partial charge >= 0.3 is 0 Å². The second-order valence-electron chi connectivity index (χ2n) is 7.15. The average molecular weight is 387 g/mol. The first-order chi connectivity index (χ1) is 14.3. The molecule has 5 rings (SSSR count). The Balaban J connectivity index is 1.46. The molecular formula is C24H21NO4. The summed E-state index contributed by atoms with van der Waals surface area (Å²) >= 11 is 0. The van der Waals surface area contributed by atoms with Gasteiger partial charge < -0.3 is 18.8 Å². The number of anilines is 1. The van der Waals surface area contributed by atoms with Gasteiger partial charge in [-0.3, -0.25) is 4.79 Å². The molecule has 1 aromatic heterocycles. The van der Waals surface area contributed by atoms with Gasteiger partial charge in [0.1, 0.15) is 6.61 Å². The normalized spacial score (nSPS) is 14.4. The molecule has 0 aliphatic carbocycles. The van der Waals surface area contributed by atoms with E-state index in [2.05, 4.69) is 30.3 Å². The van der Waals surface area contributed by atoms with Gasteiger partial charge in [-0.2, -0.15) is 0 Å². The molecule has 0 amide bonds. The van der Waals surface area contributed by atoms with Crippen LogP contribution >= 0.6 is 0 Å². The summed E-state index contributed by atoms with van der Waals surface area (Å²) in [6.45, 7) is 3.06. The molecular weight excluding hydrogens is 366 g/mol. The van der Waals surface area contributed by atoms with Crippen LogP contribution in [-0.4, -0.2) is 26.3 Å². The van der Waals surface area contributed by atoms with Crippen molar-refractivity contribution in [3.63, 3.8) is 0 Å². The summed E-state index contributed by atoms with van der Waals surface area (Å²) in [5.74, 6) is 1.13. The van der Waals surface area contributed by atoms with Crippen LogP contribution in [0.15, 0.2) is 75.9 Å². The van der Waals surface area contributed by atoms with E-state index in [9.17, 15) is 4.79 Å². The van der Waals surface area contributed by atoms with Gasteiger partial charge in [0.2, 0.25) is 0 Å². The van der Waals surface area contributed by atoms with Crippen LogP contribution < -0.4 is 15.1 Å². The van der Waals surface area contributed by atoms with Gasteiger partial charge in [0.25, 0.3) is 0 Å². The van der Waals surface area contributed by atoms with Gasteiger partial charge in [-0.15, -0.1) is 0 Å². The number of morpholine rings is 1. The average Bonchev–Trinajstić information content (AvgIpc) is 2.78. The standard InChI is InChI=1S/C24H21NO4/c26-21-15-23(25-10-12-27-13-11-25)29-24-20(21)6-3-7-22(24)28-16-17-8-9-18-4-1-2-5-19(18)14-17/h1-9,14-15H,10-13,16H2. The number of fused-ring (bicyclic) bond motifs is 2. The fraction of sp³-hybridized carbons (Fsp3) is 0.208. The van der Waals surface area contributed by atoms with Gasteiger partial charge in [0.05, 0.1) is 18.6 Å². The zero-order valence-electron chi connectivity index (χ0n) is 16.0. The minimum absolute atomic E-state index is 0.0658. The molecule has 0 bridgehead atoms. The monoisotopic (exact) mass is 387 g/mol. The van der Waals surface area contributed by atoms with Crippen molar-refractivity contribution in [2.45, 2.75) is 6.61 Å². The lowest BCUT2D eigenvalue weighted by molar-refractivity contribution is 0.120. The minimum Gasteiger partial charge on any atom is -0.485 e. The van der Waals surface area contributed by atoms with Crippen molar-refractivity contribution in [2.24, 2.45) is 0 Å². The van der Waals surface area contributed by atoms with Crippen LogP contribution in [0.2, 0.25) is 0 Å². The first kappa shape index (κ1) is 17.8. The zero-order valence-corrected chi connectivity index (χ0v) is 16.0. The van der Waals surface area contributed by atoms with Crippen LogP contribution in [0, 0.1) is 0 Å². The van der Waals surface area contributed by atoms with E-state index < -0.39 is 0 Å². The lowest BCUT2D eigenvalue weighted by atomic mass is 10.1. The Labute approximate surface area is 168 Å². The molecule has 146 valence electrons. The largest absolute Gasteiger partial charge is 0.485 e.